The summed E-state index contributed by atoms with van der Waals surface area (Å²) in [6.07, 6.45) is 2.37. The summed E-state index contributed by atoms with van der Waals surface area (Å²) >= 11 is 0. The van der Waals surface area contributed by atoms with E-state index in [-0.39, 0.29) is 0 Å². The van der Waals surface area contributed by atoms with E-state index < -0.39 is 11.9 Å². The fourth-order valence-corrected chi connectivity index (χ4v) is 0.143. The second-order valence-electron chi connectivity index (χ2n) is 1.72. The van der Waals surface area contributed by atoms with Gasteiger partial charge in [0.15, 0.2) is 0 Å². The lowest BCUT2D eigenvalue weighted by molar-refractivity contribution is -0.134. The Morgan fingerprint density at radius 3 is 1.36 bits per heavy atom. The zero-order valence-corrected chi connectivity index (χ0v) is 6.57. The number of carboxylic acid groups (broad SMARTS) is 2. The molecule has 0 aromatic rings. The van der Waals surface area contributed by atoms with Crippen molar-refractivity contribution < 1.29 is 19.8 Å². The third kappa shape index (κ3) is 28.6. The lowest BCUT2D eigenvalue weighted by atomic mass is 10.5. The molecule has 2 N–H and O–H groups in total. The molecule has 0 bridgehead atoms. The van der Waals surface area contributed by atoms with Crippen LogP contribution in [0.2, 0.25) is 0 Å². The molecular formula is C7H12O4. The van der Waals surface area contributed by atoms with Gasteiger partial charge in [-0.3, -0.25) is 0 Å². The summed E-state index contributed by atoms with van der Waals surface area (Å²) in [4.78, 5) is 19.1. The average Bonchev–Trinajstić information content (AvgIpc) is 1.85. The van der Waals surface area contributed by atoms with E-state index >= 15 is 0 Å². The molecule has 0 aromatic heterocycles. The molecular weight excluding hydrogens is 148 g/mol. The van der Waals surface area contributed by atoms with Crippen molar-refractivity contribution >= 4 is 11.9 Å². The Bertz CT molecular complexity index is 133. The maximum Gasteiger partial charge on any atom is 0.328 e. The van der Waals surface area contributed by atoms with Gasteiger partial charge in [0.1, 0.15) is 0 Å². The molecule has 0 fully saturated rings. The largest absolute Gasteiger partial charge is 0.478 e. The Labute approximate surface area is 65.2 Å². The fraction of sp³-hybridized carbons (Fsp3) is 0.429. The Balaban J connectivity index is 0. The van der Waals surface area contributed by atoms with Gasteiger partial charge in [-0.2, -0.15) is 0 Å². The standard InChI is InChI=1S/C4H4O4.C3H8/c5-3(6)1-2-4(7)8;1-3-2/h1-2H,(H,5,6)(H,7,8);3H2,1-2H3. The first-order valence-corrected chi connectivity index (χ1v) is 3.18. The molecule has 4 nitrogen and oxygen atoms in total. The molecule has 64 valence electrons. The van der Waals surface area contributed by atoms with Crippen LogP contribution >= 0.6 is 0 Å². The highest BCUT2D eigenvalue weighted by molar-refractivity contribution is 5.89. The van der Waals surface area contributed by atoms with Crippen LogP contribution in [0.5, 0.6) is 0 Å². The predicted octanol–water partition coefficient (Wildman–Crippen LogP) is 1.13. The smallest absolute Gasteiger partial charge is 0.328 e. The van der Waals surface area contributed by atoms with Crippen molar-refractivity contribution in [1.29, 1.82) is 0 Å². The molecule has 0 atom stereocenters. The third-order valence-corrected chi connectivity index (χ3v) is 0.368. The second kappa shape index (κ2) is 8.68. The van der Waals surface area contributed by atoms with Gasteiger partial charge < -0.3 is 10.2 Å². The van der Waals surface area contributed by atoms with Crippen LogP contribution in [-0.2, 0) is 9.59 Å². The number of carboxylic acids is 2. The molecule has 0 unspecified atom stereocenters. The number of aliphatic carboxylic acids is 2. The van der Waals surface area contributed by atoms with Crippen molar-refractivity contribution in [1.82, 2.24) is 0 Å². The molecule has 0 heterocycles. The molecule has 0 rings (SSSR count). The normalized spacial score (nSPS) is 8.55. The molecule has 0 saturated carbocycles. The summed E-state index contributed by atoms with van der Waals surface area (Å²) in [6, 6.07) is 0. The first-order valence-electron chi connectivity index (χ1n) is 3.18. The number of hydrogen-bond donors (Lipinski definition) is 2. The lowest BCUT2D eigenvalue weighted by Gasteiger charge is -1.74. The van der Waals surface area contributed by atoms with E-state index in [1.807, 2.05) is 0 Å². The van der Waals surface area contributed by atoms with E-state index in [2.05, 4.69) is 13.8 Å². The molecule has 11 heavy (non-hydrogen) atoms. The number of rotatable bonds is 2. The van der Waals surface area contributed by atoms with Crippen molar-refractivity contribution in [2.45, 2.75) is 20.3 Å². The Morgan fingerprint density at radius 1 is 1.09 bits per heavy atom. The van der Waals surface area contributed by atoms with Gasteiger partial charge in [0.25, 0.3) is 0 Å². The zero-order chi connectivity index (χ0) is 9.28. The van der Waals surface area contributed by atoms with Gasteiger partial charge in [0.2, 0.25) is 0 Å². The topological polar surface area (TPSA) is 74.6 Å². The molecule has 0 amide bonds. The molecule has 0 spiro atoms. The van der Waals surface area contributed by atoms with Gasteiger partial charge >= 0.3 is 11.9 Å². The molecule has 0 saturated heterocycles. The molecule has 0 aliphatic carbocycles. The van der Waals surface area contributed by atoms with Gasteiger partial charge in [0.05, 0.1) is 0 Å². The van der Waals surface area contributed by atoms with Crippen LogP contribution in [-0.4, -0.2) is 22.2 Å². The Kier molecular flexibility index (Phi) is 9.76. The Hall–Kier alpha value is -1.32. The molecule has 0 radical (unpaired) electrons. The highest BCUT2D eigenvalue weighted by Crippen LogP contribution is 1.70. The van der Waals surface area contributed by atoms with Crippen LogP contribution in [0.15, 0.2) is 12.2 Å². The highest BCUT2D eigenvalue weighted by atomic mass is 16.4. The van der Waals surface area contributed by atoms with Crippen molar-refractivity contribution in [3.63, 3.8) is 0 Å². The third-order valence-electron chi connectivity index (χ3n) is 0.368. The van der Waals surface area contributed by atoms with E-state index in [1.54, 1.807) is 0 Å². The van der Waals surface area contributed by atoms with Crippen LogP contribution < -0.4 is 0 Å². The average molecular weight is 160 g/mol. The van der Waals surface area contributed by atoms with E-state index in [0.717, 1.165) is 0 Å². The first kappa shape index (κ1) is 12.4. The van der Waals surface area contributed by atoms with Gasteiger partial charge in [-0.1, -0.05) is 20.3 Å². The van der Waals surface area contributed by atoms with Crippen LogP contribution in [0.1, 0.15) is 20.3 Å². The zero-order valence-electron chi connectivity index (χ0n) is 6.57. The lowest BCUT2D eigenvalue weighted by Crippen LogP contribution is -1.91. The minimum Gasteiger partial charge on any atom is -0.478 e. The summed E-state index contributed by atoms with van der Waals surface area (Å²) in [5.41, 5.74) is 0. The minimum absolute atomic E-state index is 0.558. The van der Waals surface area contributed by atoms with Crippen LogP contribution in [0.25, 0.3) is 0 Å². The SMILES string of the molecule is CCC.O=C(O)C=CC(=O)O. The first-order chi connectivity index (χ1) is 5.04. The van der Waals surface area contributed by atoms with Crippen molar-refractivity contribution in [3.8, 4) is 0 Å². The van der Waals surface area contributed by atoms with Crippen molar-refractivity contribution in [3.05, 3.63) is 12.2 Å². The molecule has 4 heteroatoms. The van der Waals surface area contributed by atoms with E-state index in [4.69, 9.17) is 10.2 Å². The monoisotopic (exact) mass is 160 g/mol. The van der Waals surface area contributed by atoms with Crippen LogP contribution in [0.4, 0.5) is 0 Å². The summed E-state index contributed by atoms with van der Waals surface area (Å²) < 4.78 is 0. The summed E-state index contributed by atoms with van der Waals surface area (Å²) in [5, 5.41) is 15.6. The maximum absolute atomic E-state index is 9.55. The number of carbonyl (C=O) groups is 2. The molecule has 0 aliphatic heterocycles. The highest BCUT2D eigenvalue weighted by Gasteiger charge is 1.88. The van der Waals surface area contributed by atoms with Crippen LogP contribution in [0, 0.1) is 0 Å². The summed E-state index contributed by atoms with van der Waals surface area (Å²) in [6.45, 7) is 4.25. The molecule has 0 aliphatic rings. The molecule has 0 aromatic carbocycles. The maximum atomic E-state index is 9.55. The Morgan fingerprint density at radius 2 is 1.27 bits per heavy atom. The van der Waals surface area contributed by atoms with Crippen molar-refractivity contribution in [2.75, 3.05) is 0 Å². The second-order valence-corrected chi connectivity index (χ2v) is 1.72. The summed E-state index contributed by atoms with van der Waals surface area (Å²) in [5.74, 6) is -2.51. The van der Waals surface area contributed by atoms with Crippen LogP contribution in [0.3, 0.4) is 0 Å². The van der Waals surface area contributed by atoms with E-state index in [0.29, 0.717) is 12.2 Å². The number of hydrogen-bond acceptors (Lipinski definition) is 2. The van der Waals surface area contributed by atoms with E-state index in [9.17, 15) is 9.59 Å². The van der Waals surface area contributed by atoms with Gasteiger partial charge in [-0.05, 0) is 0 Å². The van der Waals surface area contributed by atoms with E-state index in [1.165, 1.54) is 6.42 Å². The van der Waals surface area contributed by atoms with Gasteiger partial charge in [0, 0.05) is 12.2 Å². The summed E-state index contributed by atoms with van der Waals surface area (Å²) in [7, 11) is 0. The van der Waals surface area contributed by atoms with Gasteiger partial charge in [-0.25, -0.2) is 9.59 Å². The fourth-order valence-electron chi connectivity index (χ4n) is 0.143. The predicted molar refractivity (Wildman–Crippen MR) is 40.4 cm³/mol. The van der Waals surface area contributed by atoms with Crippen molar-refractivity contribution in [2.24, 2.45) is 0 Å². The van der Waals surface area contributed by atoms with Gasteiger partial charge in [-0.15, -0.1) is 0 Å². The minimum atomic E-state index is -1.26. The quantitative estimate of drug-likeness (QED) is 0.594.